The van der Waals surface area contributed by atoms with E-state index in [1.54, 1.807) is 7.11 Å². The van der Waals surface area contributed by atoms with Gasteiger partial charge in [0.2, 0.25) is 0 Å². The molecule has 2 rings (SSSR count). The van der Waals surface area contributed by atoms with E-state index in [1.165, 1.54) is 0 Å². The van der Waals surface area contributed by atoms with Crippen LogP contribution in [-0.4, -0.2) is 17.1 Å². The van der Waals surface area contributed by atoms with Crippen LogP contribution in [0.2, 0.25) is 10.3 Å². The zero-order valence-corrected chi connectivity index (χ0v) is 13.4. The van der Waals surface area contributed by atoms with Crippen LogP contribution < -0.4 is 0 Å². The van der Waals surface area contributed by atoms with Crippen LogP contribution in [0.3, 0.4) is 0 Å². The first-order valence-corrected chi connectivity index (χ1v) is 7.47. The Morgan fingerprint density at radius 2 is 1.72 bits per heavy atom. The molecule has 0 aliphatic heterocycles. The molecule has 100 valence electrons. The Balaban J connectivity index is 2.39. The Labute approximate surface area is 125 Å². The molecule has 1 aliphatic carbocycles. The average molecular weight is 354 g/mol. The first-order chi connectivity index (χ1) is 8.48. The number of rotatable bonds is 2. The summed E-state index contributed by atoms with van der Waals surface area (Å²) in [5, 5.41) is 0.667. The zero-order chi connectivity index (χ0) is 13.3. The Morgan fingerprint density at radius 3 is 2.17 bits per heavy atom. The third-order valence-corrected chi connectivity index (χ3v) is 5.41. The molecular formula is C12H15BrCl2N2O. The molecule has 0 bridgehead atoms. The van der Waals surface area contributed by atoms with Crippen molar-refractivity contribution in [2.45, 2.75) is 38.2 Å². The first-order valence-electron chi connectivity index (χ1n) is 5.92. The van der Waals surface area contributed by atoms with Crippen LogP contribution in [0.15, 0.2) is 4.47 Å². The van der Waals surface area contributed by atoms with Crippen molar-refractivity contribution in [3.05, 3.63) is 20.6 Å². The van der Waals surface area contributed by atoms with E-state index in [0.29, 0.717) is 20.6 Å². The predicted molar refractivity (Wildman–Crippen MR) is 76.1 cm³/mol. The maximum absolute atomic E-state index is 6.05. The Kier molecular flexibility index (Phi) is 4.52. The second kappa shape index (κ2) is 5.61. The average Bonchev–Trinajstić information content (AvgIpc) is 2.37. The van der Waals surface area contributed by atoms with Gasteiger partial charge in [0.05, 0.1) is 4.47 Å². The summed E-state index contributed by atoms with van der Waals surface area (Å²) in [6, 6.07) is 0. The molecule has 1 aromatic heterocycles. The van der Waals surface area contributed by atoms with E-state index in [9.17, 15) is 0 Å². The topological polar surface area (TPSA) is 35.0 Å². The van der Waals surface area contributed by atoms with Crippen LogP contribution in [0.1, 0.15) is 38.4 Å². The van der Waals surface area contributed by atoms with Gasteiger partial charge >= 0.3 is 0 Å². The highest BCUT2D eigenvalue weighted by Gasteiger charge is 2.39. The molecule has 0 amide bonds. The van der Waals surface area contributed by atoms with Crippen LogP contribution in [0, 0.1) is 5.92 Å². The minimum Gasteiger partial charge on any atom is -0.370 e. The third-order valence-electron chi connectivity index (χ3n) is 3.65. The smallest absolute Gasteiger partial charge is 0.163 e. The molecule has 1 aliphatic rings. The fourth-order valence-corrected chi connectivity index (χ4v) is 2.91. The Bertz CT molecular complexity index is 425. The molecule has 0 aromatic carbocycles. The quantitative estimate of drug-likeness (QED) is 0.729. The lowest BCUT2D eigenvalue weighted by Gasteiger charge is -2.37. The second-order valence-electron chi connectivity index (χ2n) is 4.82. The van der Waals surface area contributed by atoms with Crippen LogP contribution in [0.5, 0.6) is 0 Å². The summed E-state index contributed by atoms with van der Waals surface area (Å²) in [6.45, 7) is 2.25. The molecule has 18 heavy (non-hydrogen) atoms. The van der Waals surface area contributed by atoms with Crippen LogP contribution in [-0.2, 0) is 10.3 Å². The highest BCUT2D eigenvalue weighted by molar-refractivity contribution is 9.10. The van der Waals surface area contributed by atoms with Gasteiger partial charge < -0.3 is 4.74 Å². The van der Waals surface area contributed by atoms with Gasteiger partial charge in [-0.05, 0) is 47.5 Å². The third kappa shape index (κ3) is 2.67. The van der Waals surface area contributed by atoms with E-state index >= 15 is 0 Å². The van der Waals surface area contributed by atoms with Crippen LogP contribution in [0.25, 0.3) is 0 Å². The Morgan fingerprint density at radius 1 is 1.22 bits per heavy atom. The molecule has 0 atom stereocenters. The highest BCUT2D eigenvalue weighted by atomic mass is 79.9. The van der Waals surface area contributed by atoms with Gasteiger partial charge in [-0.2, -0.15) is 0 Å². The standard InChI is InChI=1S/C12H15BrCl2N2O/c1-7-3-5-12(18-2,6-4-7)11-16-9(14)8(13)10(15)17-11/h7H,3-6H2,1-2H3. The Hall–Kier alpha value is 0.1000. The molecule has 0 spiro atoms. The number of halogens is 3. The molecule has 0 radical (unpaired) electrons. The van der Waals surface area contributed by atoms with Crippen molar-refractivity contribution in [1.82, 2.24) is 9.97 Å². The number of nitrogens with zero attached hydrogens (tertiary/aromatic N) is 2. The van der Waals surface area contributed by atoms with Crippen LogP contribution >= 0.6 is 39.1 Å². The largest absolute Gasteiger partial charge is 0.370 e. The van der Waals surface area contributed by atoms with Gasteiger partial charge in [0.1, 0.15) is 15.9 Å². The molecule has 0 saturated heterocycles. The first kappa shape index (κ1) is 14.5. The zero-order valence-electron chi connectivity index (χ0n) is 10.3. The minimum atomic E-state index is -0.444. The fourth-order valence-electron chi connectivity index (χ4n) is 2.35. The molecule has 3 nitrogen and oxygen atoms in total. The van der Waals surface area contributed by atoms with Gasteiger partial charge in [0.15, 0.2) is 5.82 Å². The summed E-state index contributed by atoms with van der Waals surface area (Å²) in [4.78, 5) is 8.65. The van der Waals surface area contributed by atoms with Gasteiger partial charge in [0.25, 0.3) is 0 Å². The van der Waals surface area contributed by atoms with Crippen molar-refractivity contribution in [3.8, 4) is 0 Å². The maximum Gasteiger partial charge on any atom is 0.163 e. The van der Waals surface area contributed by atoms with E-state index in [0.717, 1.165) is 31.6 Å². The summed E-state index contributed by atoms with van der Waals surface area (Å²) in [5.41, 5.74) is -0.444. The van der Waals surface area contributed by atoms with E-state index < -0.39 is 5.60 Å². The molecule has 1 fully saturated rings. The molecule has 6 heteroatoms. The van der Waals surface area contributed by atoms with Gasteiger partial charge in [-0.25, -0.2) is 9.97 Å². The predicted octanol–water partition coefficient (Wildman–Crippen LogP) is 4.60. The normalized spacial score (nSPS) is 28.4. The number of ether oxygens (including phenoxy) is 1. The summed E-state index contributed by atoms with van der Waals surface area (Å²) >= 11 is 15.4. The van der Waals surface area contributed by atoms with Gasteiger partial charge in [0, 0.05) is 7.11 Å². The number of aromatic nitrogens is 2. The van der Waals surface area contributed by atoms with Crippen molar-refractivity contribution in [2.75, 3.05) is 7.11 Å². The van der Waals surface area contributed by atoms with E-state index in [2.05, 4.69) is 32.8 Å². The van der Waals surface area contributed by atoms with Crippen molar-refractivity contribution in [1.29, 1.82) is 0 Å². The highest BCUT2D eigenvalue weighted by Crippen LogP contribution is 2.42. The van der Waals surface area contributed by atoms with Crippen molar-refractivity contribution in [3.63, 3.8) is 0 Å². The lowest BCUT2D eigenvalue weighted by Crippen LogP contribution is -2.35. The second-order valence-corrected chi connectivity index (χ2v) is 6.33. The minimum absolute atomic E-state index is 0.333. The molecule has 0 unspecified atom stereocenters. The fraction of sp³-hybridized carbons (Fsp3) is 0.667. The van der Waals surface area contributed by atoms with Crippen molar-refractivity contribution >= 4 is 39.1 Å². The van der Waals surface area contributed by atoms with Crippen molar-refractivity contribution < 1.29 is 4.74 Å². The van der Waals surface area contributed by atoms with Crippen LogP contribution in [0.4, 0.5) is 0 Å². The van der Waals surface area contributed by atoms with Crippen molar-refractivity contribution in [2.24, 2.45) is 5.92 Å². The lowest BCUT2D eigenvalue weighted by molar-refractivity contribution is -0.0597. The number of hydrogen-bond acceptors (Lipinski definition) is 3. The SMILES string of the molecule is COC1(c2nc(Cl)c(Br)c(Cl)n2)CCC(C)CC1. The van der Waals surface area contributed by atoms with Gasteiger partial charge in [-0.3, -0.25) is 0 Å². The number of methoxy groups -OCH3 is 1. The molecule has 1 aromatic rings. The summed E-state index contributed by atoms with van der Waals surface area (Å²) in [6.07, 6.45) is 4.00. The van der Waals surface area contributed by atoms with Gasteiger partial charge in [-0.1, -0.05) is 30.1 Å². The summed E-state index contributed by atoms with van der Waals surface area (Å²) < 4.78 is 6.24. The lowest BCUT2D eigenvalue weighted by atomic mass is 9.79. The number of hydrogen-bond donors (Lipinski definition) is 0. The maximum atomic E-state index is 6.05. The molecule has 1 saturated carbocycles. The van der Waals surface area contributed by atoms with E-state index in [1.807, 2.05) is 0 Å². The van der Waals surface area contributed by atoms with E-state index in [4.69, 9.17) is 27.9 Å². The van der Waals surface area contributed by atoms with Gasteiger partial charge in [-0.15, -0.1) is 0 Å². The summed E-state index contributed by atoms with van der Waals surface area (Å²) in [5.74, 6) is 1.31. The monoisotopic (exact) mass is 352 g/mol. The molecule has 1 heterocycles. The molecular weight excluding hydrogens is 339 g/mol. The summed E-state index contributed by atoms with van der Waals surface area (Å²) in [7, 11) is 1.70. The van der Waals surface area contributed by atoms with E-state index in [-0.39, 0.29) is 0 Å². The molecule has 0 N–H and O–H groups in total.